The summed E-state index contributed by atoms with van der Waals surface area (Å²) in [4.78, 5) is 51.9. The lowest BCUT2D eigenvalue weighted by Gasteiger charge is -2.50. The quantitative estimate of drug-likeness (QED) is 0.190. The number of rotatable bonds is 11. The van der Waals surface area contributed by atoms with E-state index in [9.17, 15) is 19.8 Å². The number of hydrogen-bond acceptors (Lipinski definition) is 10. The first-order chi connectivity index (χ1) is 27.8. The van der Waals surface area contributed by atoms with Gasteiger partial charge in [-0.3, -0.25) is 19.2 Å². The van der Waals surface area contributed by atoms with Crippen molar-refractivity contribution in [2.45, 2.75) is 74.5 Å². The Labute approximate surface area is 330 Å². The van der Waals surface area contributed by atoms with Crippen molar-refractivity contribution in [1.29, 1.82) is 0 Å². The minimum atomic E-state index is -1.48. The molecule has 4 aromatic rings. The van der Waals surface area contributed by atoms with Gasteiger partial charge in [0.05, 0.1) is 13.2 Å². The number of nitrogens with zero attached hydrogens (tertiary/aromatic N) is 2. The number of phenols is 1. The molecule has 1 saturated carbocycles. The largest absolute Gasteiger partial charge is 0.508 e. The fourth-order valence-electron chi connectivity index (χ4n) is 9.52. The molecule has 4 aliphatic heterocycles. The Hall–Kier alpha value is -5.37. The van der Waals surface area contributed by atoms with E-state index in [1.54, 1.807) is 22.1 Å². The Morgan fingerprint density at radius 1 is 0.860 bits per heavy atom. The van der Waals surface area contributed by atoms with Crippen LogP contribution in [-0.2, 0) is 52.2 Å². The second-order valence-corrected chi connectivity index (χ2v) is 15.3. The van der Waals surface area contributed by atoms with Gasteiger partial charge in [0, 0.05) is 30.6 Å². The van der Waals surface area contributed by atoms with Crippen LogP contribution in [0.5, 0.6) is 5.75 Å². The number of phenolic OH excluding ortho intramolecular Hbond substituents is 1. The highest BCUT2D eigenvalue weighted by Crippen LogP contribution is 2.60. The van der Waals surface area contributed by atoms with Gasteiger partial charge in [-0.05, 0) is 42.0 Å². The second-order valence-electron chi connectivity index (χ2n) is 15.3. The molecule has 2 amide bonds. The van der Waals surface area contributed by atoms with Crippen LogP contribution in [0.1, 0.15) is 47.1 Å². The SMILES string of the molecule is O=C(NCCO)[C@H]1CCCN1C(=O)[C@@]12C[C@H]3OC(=O)[C@@H]1N(Cc1ccccc1C=CCc1ccccc1O)O[C@@H]2[C@H]1OC(c2ccccc2)(c2ccccc2)O[C@H]13. The van der Waals surface area contributed by atoms with Crippen LogP contribution in [0.4, 0.5) is 0 Å². The molecule has 12 nitrogen and oxygen atoms in total. The zero-order valence-corrected chi connectivity index (χ0v) is 31.3. The second kappa shape index (κ2) is 15.2. The minimum absolute atomic E-state index is 0.0649. The summed E-state index contributed by atoms with van der Waals surface area (Å²) >= 11 is 0. The molecule has 0 unspecified atom stereocenters. The molecule has 2 bridgehead atoms. The van der Waals surface area contributed by atoms with Crippen LogP contribution in [0.2, 0.25) is 0 Å². The molecule has 0 spiro atoms. The summed E-state index contributed by atoms with van der Waals surface area (Å²) in [6.45, 7) is 0.293. The van der Waals surface area contributed by atoms with Crippen molar-refractivity contribution in [2.75, 3.05) is 19.7 Å². The fourth-order valence-corrected chi connectivity index (χ4v) is 9.52. The van der Waals surface area contributed by atoms with E-state index >= 15 is 4.79 Å². The van der Waals surface area contributed by atoms with Gasteiger partial charge < -0.3 is 34.6 Å². The van der Waals surface area contributed by atoms with Crippen molar-refractivity contribution < 1.29 is 43.6 Å². The zero-order chi connectivity index (χ0) is 39.1. The summed E-state index contributed by atoms with van der Waals surface area (Å²) in [5.41, 5.74) is 2.50. The van der Waals surface area contributed by atoms with Crippen LogP contribution in [0, 0.1) is 5.41 Å². The standard InChI is InChI=1S/C45H45N3O9/c49-26-24-46-41(51)34-22-12-25-47(34)43(53)44-27-36-37-38(56-45(55-37,32-18-3-1-4-19-32)33-20-5-2-6-21-33)40(44)57-48(39(44)42(52)54-36)28-31-15-8-7-13-29(31)16-11-17-30-14-9-10-23-35(30)50/h1-11,13-16,18-21,23,34,36-40,49-50H,12,17,22,24-28H2,(H,46,51)/t34-,36-,37+,38+,39+,40-,44+/m1/s1. The molecule has 4 aromatic carbocycles. The van der Waals surface area contributed by atoms with E-state index in [1.807, 2.05) is 109 Å². The van der Waals surface area contributed by atoms with Crippen molar-refractivity contribution in [2.24, 2.45) is 5.41 Å². The number of hydrogen-bond donors (Lipinski definition) is 3. The van der Waals surface area contributed by atoms with Gasteiger partial charge in [0.25, 0.3) is 0 Å². The first-order valence-electron chi connectivity index (χ1n) is 19.7. The number of carbonyl (C=O) groups excluding carboxylic acids is 3. The molecule has 0 radical (unpaired) electrons. The van der Waals surface area contributed by atoms with E-state index in [0.717, 1.165) is 27.8 Å². The third-order valence-corrected chi connectivity index (χ3v) is 12.1. The number of para-hydroxylation sites is 1. The number of likely N-dealkylation sites (tertiary alicyclic amines) is 1. The van der Waals surface area contributed by atoms with Crippen LogP contribution in [0.25, 0.3) is 6.08 Å². The van der Waals surface area contributed by atoms with Gasteiger partial charge in [-0.25, -0.2) is 0 Å². The lowest BCUT2D eigenvalue weighted by Crippen LogP contribution is -2.70. The third-order valence-electron chi connectivity index (χ3n) is 12.1. The van der Waals surface area contributed by atoms with Crippen LogP contribution < -0.4 is 5.32 Å². The van der Waals surface area contributed by atoms with Crippen LogP contribution in [0.15, 0.2) is 115 Å². The van der Waals surface area contributed by atoms with E-state index in [-0.39, 0.29) is 43.7 Å². The van der Waals surface area contributed by atoms with Gasteiger partial charge >= 0.3 is 5.97 Å². The molecule has 57 heavy (non-hydrogen) atoms. The van der Waals surface area contributed by atoms with Crippen LogP contribution in [0.3, 0.4) is 0 Å². The van der Waals surface area contributed by atoms with Crippen molar-refractivity contribution in [1.82, 2.24) is 15.3 Å². The molecule has 1 aliphatic carbocycles. The Bertz CT molecular complexity index is 2130. The van der Waals surface area contributed by atoms with Crippen molar-refractivity contribution in [3.05, 3.63) is 143 Å². The number of nitrogens with one attached hydrogen (secondary N) is 1. The van der Waals surface area contributed by atoms with Crippen molar-refractivity contribution in [3.63, 3.8) is 0 Å². The van der Waals surface area contributed by atoms with Gasteiger partial charge in [0.2, 0.25) is 17.6 Å². The van der Waals surface area contributed by atoms with Gasteiger partial charge in [-0.15, -0.1) is 0 Å². The summed E-state index contributed by atoms with van der Waals surface area (Å²) < 4.78 is 20.4. The monoisotopic (exact) mass is 771 g/mol. The molecule has 4 saturated heterocycles. The number of aliphatic hydroxyl groups excluding tert-OH is 1. The Kier molecular flexibility index (Phi) is 9.91. The molecule has 294 valence electrons. The maximum atomic E-state index is 15.4. The molecule has 3 N–H and O–H groups in total. The van der Waals surface area contributed by atoms with E-state index < -0.39 is 53.7 Å². The van der Waals surface area contributed by atoms with Gasteiger partial charge in [0.1, 0.15) is 41.6 Å². The van der Waals surface area contributed by atoms with Crippen molar-refractivity contribution in [3.8, 4) is 5.75 Å². The number of fused-ring (bicyclic) bond motifs is 4. The highest BCUT2D eigenvalue weighted by atomic mass is 16.8. The molecule has 9 rings (SSSR count). The molecule has 7 atom stereocenters. The number of hydroxylamine groups is 2. The molecular formula is C45H45N3O9. The van der Waals surface area contributed by atoms with Gasteiger partial charge in [-0.2, -0.15) is 5.06 Å². The summed E-state index contributed by atoms with van der Waals surface area (Å²) in [6, 6.07) is 32.2. The number of ether oxygens (including phenoxy) is 3. The zero-order valence-electron chi connectivity index (χ0n) is 31.3. The maximum absolute atomic E-state index is 15.4. The number of carbonyl (C=O) groups is 3. The fraction of sp³-hybridized carbons (Fsp3) is 0.356. The Morgan fingerprint density at radius 3 is 2.25 bits per heavy atom. The van der Waals surface area contributed by atoms with E-state index in [1.165, 1.54) is 0 Å². The highest BCUT2D eigenvalue weighted by Gasteiger charge is 2.77. The number of benzene rings is 4. The first kappa shape index (κ1) is 37.2. The number of amides is 2. The highest BCUT2D eigenvalue weighted by molar-refractivity contribution is 5.96. The lowest BCUT2D eigenvalue weighted by molar-refractivity contribution is -0.214. The summed E-state index contributed by atoms with van der Waals surface area (Å²) in [6.07, 6.45) is 2.14. The molecule has 12 heteroatoms. The first-order valence-corrected chi connectivity index (χ1v) is 19.7. The average molecular weight is 772 g/mol. The number of aromatic hydroxyl groups is 1. The van der Waals surface area contributed by atoms with Gasteiger partial charge in [0.15, 0.2) is 6.04 Å². The smallest absolute Gasteiger partial charge is 0.327 e. The molecular weight excluding hydrogens is 727 g/mol. The number of aliphatic hydroxyl groups is 1. The minimum Gasteiger partial charge on any atom is -0.508 e. The van der Waals surface area contributed by atoms with Crippen molar-refractivity contribution >= 4 is 23.9 Å². The number of esters is 1. The summed E-state index contributed by atoms with van der Waals surface area (Å²) in [5, 5.41) is 24.1. The predicted octanol–water partition coefficient (Wildman–Crippen LogP) is 4.23. The van der Waals surface area contributed by atoms with E-state index in [0.29, 0.717) is 25.8 Å². The molecule has 5 fully saturated rings. The van der Waals surface area contributed by atoms with Crippen LogP contribution in [-0.4, -0.2) is 94.2 Å². The Morgan fingerprint density at radius 2 is 1.53 bits per heavy atom. The normalized spacial score (nSPS) is 28.6. The molecule has 5 aliphatic rings. The molecule has 0 aromatic heterocycles. The average Bonchev–Trinajstić information content (AvgIpc) is 3.98. The van der Waals surface area contributed by atoms with Gasteiger partial charge in [-0.1, -0.05) is 115 Å². The summed E-state index contributed by atoms with van der Waals surface area (Å²) in [5.74, 6) is -2.49. The maximum Gasteiger partial charge on any atom is 0.327 e. The van der Waals surface area contributed by atoms with E-state index in [4.69, 9.17) is 19.0 Å². The van der Waals surface area contributed by atoms with Crippen LogP contribution >= 0.6 is 0 Å². The topological polar surface area (TPSA) is 147 Å². The summed E-state index contributed by atoms with van der Waals surface area (Å²) in [7, 11) is 0. The predicted molar refractivity (Wildman–Crippen MR) is 207 cm³/mol. The molecule has 4 heterocycles. The van der Waals surface area contributed by atoms with E-state index in [2.05, 4.69) is 5.32 Å². The third kappa shape index (κ3) is 6.32. The lowest BCUT2D eigenvalue weighted by atomic mass is 9.62. The number of allylic oxidation sites excluding steroid dienone is 1. The Balaban J connectivity index is 1.11.